The minimum Gasteiger partial charge on any atom is -0.335 e. The normalized spacial score (nSPS) is 10.8. The predicted octanol–water partition coefficient (Wildman–Crippen LogP) is 2.40. The van der Waals surface area contributed by atoms with Gasteiger partial charge in [0.25, 0.3) is 0 Å². The van der Waals surface area contributed by atoms with Crippen LogP contribution in [-0.4, -0.2) is 9.55 Å². The van der Waals surface area contributed by atoms with Gasteiger partial charge in [-0.3, -0.25) is 0 Å². The molecule has 0 spiro atoms. The summed E-state index contributed by atoms with van der Waals surface area (Å²) in [5, 5.41) is 0. The molecule has 1 heterocycles. The Kier molecular flexibility index (Phi) is 2.86. The summed E-state index contributed by atoms with van der Waals surface area (Å²) in [5.74, 6) is 0.963. The summed E-state index contributed by atoms with van der Waals surface area (Å²) in [4.78, 5) is 4.16. The van der Waals surface area contributed by atoms with Crippen LogP contribution in [0.15, 0.2) is 30.6 Å². The summed E-state index contributed by atoms with van der Waals surface area (Å²) < 4.78 is 1.97. The molecule has 12 heavy (non-hydrogen) atoms. The van der Waals surface area contributed by atoms with Crippen LogP contribution in [0.2, 0.25) is 0 Å². The molecule has 0 aliphatic carbocycles. The molecule has 0 amide bonds. The molecule has 0 aromatic carbocycles. The number of allylic oxidation sites excluding steroid dienone is 2. The van der Waals surface area contributed by atoms with Crippen molar-refractivity contribution in [1.82, 2.24) is 9.55 Å². The van der Waals surface area contributed by atoms with Crippen LogP contribution in [0.3, 0.4) is 0 Å². The second-order valence-corrected chi connectivity index (χ2v) is 2.74. The Morgan fingerprint density at radius 3 is 3.00 bits per heavy atom. The van der Waals surface area contributed by atoms with Crippen molar-refractivity contribution in [3.05, 3.63) is 36.4 Å². The maximum atomic E-state index is 4.16. The summed E-state index contributed by atoms with van der Waals surface area (Å²) in [7, 11) is 1.97. The van der Waals surface area contributed by atoms with Gasteiger partial charge < -0.3 is 4.57 Å². The molecule has 0 N–H and O–H groups in total. The third kappa shape index (κ3) is 2.09. The van der Waals surface area contributed by atoms with Crippen LogP contribution in [0.25, 0.3) is 6.08 Å². The molecule has 2 heteroatoms. The van der Waals surface area contributed by atoms with Gasteiger partial charge in [0.2, 0.25) is 0 Å². The monoisotopic (exact) mass is 162 g/mol. The van der Waals surface area contributed by atoms with Crippen molar-refractivity contribution in [2.24, 2.45) is 7.05 Å². The van der Waals surface area contributed by atoms with Crippen molar-refractivity contribution in [2.45, 2.75) is 13.3 Å². The van der Waals surface area contributed by atoms with Crippen molar-refractivity contribution >= 4 is 6.08 Å². The average molecular weight is 162 g/mol. The lowest BCUT2D eigenvalue weighted by atomic mass is 10.2. The lowest BCUT2D eigenvalue weighted by Gasteiger charge is -1.94. The predicted molar refractivity (Wildman–Crippen MR) is 51.7 cm³/mol. The Hall–Kier alpha value is -1.31. The van der Waals surface area contributed by atoms with E-state index in [4.69, 9.17) is 0 Å². The number of rotatable bonds is 3. The minimum absolute atomic E-state index is 0.963. The van der Waals surface area contributed by atoms with Gasteiger partial charge in [-0.15, -0.1) is 0 Å². The van der Waals surface area contributed by atoms with Crippen LogP contribution in [-0.2, 0) is 7.05 Å². The molecule has 0 fully saturated rings. The Morgan fingerprint density at radius 1 is 1.75 bits per heavy atom. The first kappa shape index (κ1) is 8.78. The zero-order chi connectivity index (χ0) is 8.97. The van der Waals surface area contributed by atoms with E-state index < -0.39 is 0 Å². The molecule has 0 aliphatic heterocycles. The van der Waals surface area contributed by atoms with E-state index in [0.29, 0.717) is 0 Å². The fourth-order valence-corrected chi connectivity index (χ4v) is 0.848. The van der Waals surface area contributed by atoms with E-state index in [1.54, 1.807) is 6.20 Å². The first-order valence-electron chi connectivity index (χ1n) is 4.07. The molecule has 0 saturated carbocycles. The van der Waals surface area contributed by atoms with Gasteiger partial charge in [0.1, 0.15) is 5.82 Å². The second-order valence-electron chi connectivity index (χ2n) is 2.74. The molecule has 1 aromatic heterocycles. The number of hydrogen-bond acceptors (Lipinski definition) is 1. The standard InChI is InChI=1S/C10H14N2/c1-4-9(2)5-6-10-11-7-8-12(10)3/h5-8H,2,4H2,1,3H3/b6-5-. The lowest BCUT2D eigenvalue weighted by molar-refractivity contribution is 0.897. The average Bonchev–Trinajstić information content (AvgIpc) is 2.47. The van der Waals surface area contributed by atoms with Crippen LogP contribution >= 0.6 is 0 Å². The molecule has 0 radical (unpaired) electrons. The molecule has 2 nitrogen and oxygen atoms in total. The first-order valence-corrected chi connectivity index (χ1v) is 4.07. The van der Waals surface area contributed by atoms with Crippen molar-refractivity contribution < 1.29 is 0 Å². The van der Waals surface area contributed by atoms with Crippen LogP contribution < -0.4 is 0 Å². The van der Waals surface area contributed by atoms with E-state index in [1.807, 2.05) is 30.0 Å². The molecular formula is C10H14N2. The highest BCUT2D eigenvalue weighted by Crippen LogP contribution is 2.03. The van der Waals surface area contributed by atoms with Crippen molar-refractivity contribution in [3.63, 3.8) is 0 Å². The van der Waals surface area contributed by atoms with Gasteiger partial charge in [-0.25, -0.2) is 4.98 Å². The summed E-state index contributed by atoms with van der Waals surface area (Å²) in [6.45, 7) is 5.97. The van der Waals surface area contributed by atoms with E-state index in [9.17, 15) is 0 Å². The molecule has 0 bridgehead atoms. The van der Waals surface area contributed by atoms with Crippen molar-refractivity contribution in [1.29, 1.82) is 0 Å². The van der Waals surface area contributed by atoms with Gasteiger partial charge >= 0.3 is 0 Å². The number of imidazole rings is 1. The number of nitrogens with zero attached hydrogens (tertiary/aromatic N) is 2. The zero-order valence-corrected chi connectivity index (χ0v) is 7.62. The van der Waals surface area contributed by atoms with Crippen LogP contribution in [0.1, 0.15) is 19.2 Å². The van der Waals surface area contributed by atoms with Gasteiger partial charge in [0, 0.05) is 19.4 Å². The zero-order valence-electron chi connectivity index (χ0n) is 7.62. The fourth-order valence-electron chi connectivity index (χ4n) is 0.848. The number of aromatic nitrogens is 2. The summed E-state index contributed by atoms with van der Waals surface area (Å²) in [6, 6.07) is 0. The molecular weight excluding hydrogens is 148 g/mol. The van der Waals surface area contributed by atoms with Gasteiger partial charge in [-0.05, 0) is 12.5 Å². The Morgan fingerprint density at radius 2 is 2.50 bits per heavy atom. The minimum atomic E-state index is 0.963. The molecule has 64 valence electrons. The lowest BCUT2D eigenvalue weighted by Crippen LogP contribution is -1.88. The SMILES string of the molecule is C=C(/C=C\c1nccn1C)CC. The Balaban J connectivity index is 2.69. The topological polar surface area (TPSA) is 17.8 Å². The molecule has 0 unspecified atom stereocenters. The van der Waals surface area contributed by atoms with Crippen molar-refractivity contribution in [3.8, 4) is 0 Å². The summed E-state index contributed by atoms with van der Waals surface area (Å²) in [6.07, 6.45) is 8.68. The van der Waals surface area contributed by atoms with E-state index in [2.05, 4.69) is 18.5 Å². The highest BCUT2D eigenvalue weighted by Gasteiger charge is 1.91. The third-order valence-corrected chi connectivity index (χ3v) is 1.78. The van der Waals surface area contributed by atoms with Gasteiger partial charge in [-0.2, -0.15) is 0 Å². The Bertz CT molecular complexity index is 295. The maximum Gasteiger partial charge on any atom is 0.132 e. The van der Waals surface area contributed by atoms with Crippen molar-refractivity contribution in [2.75, 3.05) is 0 Å². The van der Waals surface area contributed by atoms with E-state index in [0.717, 1.165) is 17.8 Å². The highest BCUT2D eigenvalue weighted by molar-refractivity contribution is 5.45. The first-order chi connectivity index (χ1) is 5.74. The summed E-state index contributed by atoms with van der Waals surface area (Å²) in [5.41, 5.74) is 1.12. The van der Waals surface area contributed by atoms with Crippen LogP contribution in [0, 0.1) is 0 Å². The van der Waals surface area contributed by atoms with Gasteiger partial charge in [0.05, 0.1) is 0 Å². The Labute approximate surface area is 73.2 Å². The van der Waals surface area contributed by atoms with Crippen LogP contribution in [0.4, 0.5) is 0 Å². The molecule has 0 atom stereocenters. The largest absolute Gasteiger partial charge is 0.335 e. The molecule has 1 aromatic rings. The van der Waals surface area contributed by atoms with Gasteiger partial charge in [-0.1, -0.05) is 25.2 Å². The number of aryl methyl sites for hydroxylation is 1. The molecule has 0 saturated heterocycles. The van der Waals surface area contributed by atoms with Gasteiger partial charge in [0.15, 0.2) is 0 Å². The second kappa shape index (κ2) is 3.90. The molecule has 0 aliphatic rings. The number of hydrogen-bond donors (Lipinski definition) is 0. The third-order valence-electron chi connectivity index (χ3n) is 1.78. The quantitative estimate of drug-likeness (QED) is 0.624. The highest BCUT2D eigenvalue weighted by atomic mass is 15.0. The van der Waals surface area contributed by atoms with Crippen LogP contribution in [0.5, 0.6) is 0 Å². The fraction of sp³-hybridized carbons (Fsp3) is 0.300. The van der Waals surface area contributed by atoms with E-state index in [1.165, 1.54) is 0 Å². The van der Waals surface area contributed by atoms with E-state index in [-0.39, 0.29) is 0 Å². The smallest absolute Gasteiger partial charge is 0.132 e. The van der Waals surface area contributed by atoms with E-state index >= 15 is 0 Å². The summed E-state index contributed by atoms with van der Waals surface area (Å²) >= 11 is 0. The maximum absolute atomic E-state index is 4.16. The molecule has 1 rings (SSSR count).